The Morgan fingerprint density at radius 3 is 2.58 bits per heavy atom. The van der Waals surface area contributed by atoms with Gasteiger partial charge in [0.05, 0.1) is 0 Å². The molecule has 68 valence electrons. The molecule has 0 bridgehead atoms. The lowest BCUT2D eigenvalue weighted by atomic mass is 9.88. The van der Waals surface area contributed by atoms with Gasteiger partial charge in [0.1, 0.15) is 0 Å². The summed E-state index contributed by atoms with van der Waals surface area (Å²) in [5, 5.41) is 5.47. The Hall–Kier alpha value is -0.340. The molecule has 1 unspecified atom stereocenters. The topological polar surface area (TPSA) is 12.0 Å². The zero-order chi connectivity index (χ0) is 9.19. The molecule has 0 spiro atoms. The summed E-state index contributed by atoms with van der Waals surface area (Å²) in [5.41, 5.74) is 0.185. The van der Waals surface area contributed by atoms with Crippen LogP contribution < -0.4 is 5.32 Å². The van der Waals surface area contributed by atoms with Gasteiger partial charge in [-0.15, -0.1) is 11.3 Å². The molecule has 12 heavy (non-hydrogen) atoms. The maximum absolute atomic E-state index is 3.34. The summed E-state index contributed by atoms with van der Waals surface area (Å²) in [4.78, 5) is 1.45. The Morgan fingerprint density at radius 1 is 1.50 bits per heavy atom. The van der Waals surface area contributed by atoms with Gasteiger partial charge in [-0.05, 0) is 32.3 Å². The van der Waals surface area contributed by atoms with Crippen molar-refractivity contribution in [1.29, 1.82) is 0 Å². The van der Waals surface area contributed by atoms with Crippen molar-refractivity contribution in [2.24, 2.45) is 0 Å². The van der Waals surface area contributed by atoms with Gasteiger partial charge in [0, 0.05) is 16.3 Å². The normalized spacial score (nSPS) is 14.7. The quantitative estimate of drug-likeness (QED) is 0.760. The van der Waals surface area contributed by atoms with Crippen molar-refractivity contribution in [2.75, 3.05) is 7.05 Å². The molecule has 0 saturated heterocycles. The van der Waals surface area contributed by atoms with Crippen LogP contribution in [0.3, 0.4) is 0 Å². The molecule has 1 rings (SSSR count). The second kappa shape index (κ2) is 3.58. The number of likely N-dealkylation sites (N-methyl/N-ethyl adjacent to an activating group) is 1. The molecule has 2 heteroatoms. The lowest BCUT2D eigenvalue weighted by Crippen LogP contribution is -2.40. The molecule has 1 heterocycles. The molecule has 1 N–H and O–H groups in total. The second-order valence-corrected chi connectivity index (χ2v) is 4.69. The van der Waals surface area contributed by atoms with Crippen LogP contribution in [-0.2, 0) is 0 Å². The summed E-state index contributed by atoms with van der Waals surface area (Å²) in [6.45, 7) is 6.73. The summed E-state index contributed by atoms with van der Waals surface area (Å²) in [5.74, 6) is 0.572. The average Bonchev–Trinajstić information content (AvgIpc) is 2.55. The fourth-order valence-corrected chi connectivity index (χ4v) is 2.08. The number of nitrogens with one attached hydrogen (secondary N) is 1. The van der Waals surface area contributed by atoms with Crippen molar-refractivity contribution in [3.63, 3.8) is 0 Å². The van der Waals surface area contributed by atoms with Gasteiger partial charge in [-0.25, -0.2) is 0 Å². The van der Waals surface area contributed by atoms with E-state index < -0.39 is 0 Å². The molecule has 0 aliphatic heterocycles. The minimum absolute atomic E-state index is 0.185. The highest BCUT2D eigenvalue weighted by molar-refractivity contribution is 7.10. The first-order chi connectivity index (χ1) is 5.58. The van der Waals surface area contributed by atoms with Crippen LogP contribution in [0.15, 0.2) is 17.5 Å². The molecule has 1 nitrogen and oxygen atoms in total. The van der Waals surface area contributed by atoms with Crippen LogP contribution in [0.2, 0.25) is 0 Å². The smallest absolute Gasteiger partial charge is 0.0195 e. The molecule has 0 aliphatic rings. The molecule has 1 aromatic rings. The Balaban J connectivity index is 2.78. The number of hydrogen-bond acceptors (Lipinski definition) is 2. The molecule has 1 atom stereocenters. The molecule has 0 aromatic carbocycles. The second-order valence-electron chi connectivity index (χ2n) is 3.71. The van der Waals surface area contributed by atoms with Gasteiger partial charge >= 0.3 is 0 Å². The van der Waals surface area contributed by atoms with Crippen molar-refractivity contribution in [3.8, 4) is 0 Å². The summed E-state index contributed by atoms with van der Waals surface area (Å²) in [6, 6.07) is 4.32. The Bertz CT molecular complexity index is 226. The zero-order valence-corrected chi connectivity index (χ0v) is 9.03. The van der Waals surface area contributed by atoms with E-state index in [1.165, 1.54) is 4.88 Å². The molecule has 0 aliphatic carbocycles. The van der Waals surface area contributed by atoms with Gasteiger partial charge in [0.25, 0.3) is 0 Å². The predicted molar refractivity (Wildman–Crippen MR) is 55.9 cm³/mol. The lowest BCUT2D eigenvalue weighted by Gasteiger charge is -2.30. The Kier molecular flexibility index (Phi) is 2.91. The van der Waals surface area contributed by atoms with Crippen molar-refractivity contribution in [3.05, 3.63) is 22.4 Å². The van der Waals surface area contributed by atoms with E-state index in [1.807, 2.05) is 18.4 Å². The molecule has 0 radical (unpaired) electrons. The largest absolute Gasteiger partial charge is 0.314 e. The monoisotopic (exact) mass is 183 g/mol. The third-order valence-corrected chi connectivity index (χ3v) is 3.75. The van der Waals surface area contributed by atoms with E-state index in [4.69, 9.17) is 0 Å². The summed E-state index contributed by atoms with van der Waals surface area (Å²) < 4.78 is 0. The molecule has 0 amide bonds. The van der Waals surface area contributed by atoms with Crippen LogP contribution in [0, 0.1) is 0 Å². The van der Waals surface area contributed by atoms with E-state index in [9.17, 15) is 0 Å². The molecule has 1 aromatic heterocycles. The standard InChI is InChI=1S/C10H17NS/c1-8(10(2,3)11-4)9-6-5-7-12-9/h5-8,11H,1-4H3. The van der Waals surface area contributed by atoms with Crippen LogP contribution in [0.25, 0.3) is 0 Å². The first kappa shape index (κ1) is 9.75. The Labute approximate surface area is 78.8 Å². The van der Waals surface area contributed by atoms with Crippen molar-refractivity contribution in [1.82, 2.24) is 5.32 Å². The fourth-order valence-electron chi connectivity index (χ4n) is 1.11. The van der Waals surface area contributed by atoms with Crippen LogP contribution >= 0.6 is 11.3 Å². The van der Waals surface area contributed by atoms with E-state index in [-0.39, 0.29) is 5.54 Å². The predicted octanol–water partition coefficient (Wildman–Crippen LogP) is 2.85. The summed E-state index contributed by atoms with van der Waals surface area (Å²) in [7, 11) is 2.02. The first-order valence-electron chi connectivity index (χ1n) is 4.30. The van der Waals surface area contributed by atoms with E-state index in [0.29, 0.717) is 5.92 Å². The Morgan fingerprint density at radius 2 is 2.17 bits per heavy atom. The van der Waals surface area contributed by atoms with Gasteiger partial charge in [-0.3, -0.25) is 0 Å². The van der Waals surface area contributed by atoms with Crippen LogP contribution in [-0.4, -0.2) is 12.6 Å². The summed E-state index contributed by atoms with van der Waals surface area (Å²) >= 11 is 1.83. The van der Waals surface area contributed by atoms with Gasteiger partial charge in [0.2, 0.25) is 0 Å². The number of thiophene rings is 1. The first-order valence-corrected chi connectivity index (χ1v) is 5.18. The minimum atomic E-state index is 0.185. The highest BCUT2D eigenvalue weighted by atomic mass is 32.1. The molecule has 0 fully saturated rings. The number of rotatable bonds is 3. The third kappa shape index (κ3) is 1.87. The molecule has 0 saturated carbocycles. The van der Waals surface area contributed by atoms with E-state index in [0.717, 1.165) is 0 Å². The van der Waals surface area contributed by atoms with Crippen molar-refractivity contribution < 1.29 is 0 Å². The zero-order valence-electron chi connectivity index (χ0n) is 8.22. The fraction of sp³-hybridized carbons (Fsp3) is 0.600. The maximum atomic E-state index is 3.34. The summed E-state index contributed by atoms with van der Waals surface area (Å²) in [6.07, 6.45) is 0. The van der Waals surface area contributed by atoms with E-state index in [2.05, 4.69) is 43.6 Å². The van der Waals surface area contributed by atoms with Gasteiger partial charge in [0.15, 0.2) is 0 Å². The van der Waals surface area contributed by atoms with Crippen LogP contribution in [0.4, 0.5) is 0 Å². The maximum Gasteiger partial charge on any atom is 0.0195 e. The van der Waals surface area contributed by atoms with E-state index in [1.54, 1.807) is 0 Å². The van der Waals surface area contributed by atoms with Crippen molar-refractivity contribution >= 4 is 11.3 Å². The average molecular weight is 183 g/mol. The van der Waals surface area contributed by atoms with Crippen molar-refractivity contribution in [2.45, 2.75) is 32.2 Å². The van der Waals surface area contributed by atoms with Crippen LogP contribution in [0.1, 0.15) is 31.6 Å². The highest BCUT2D eigenvalue weighted by Crippen LogP contribution is 2.30. The highest BCUT2D eigenvalue weighted by Gasteiger charge is 2.25. The van der Waals surface area contributed by atoms with E-state index >= 15 is 0 Å². The number of hydrogen-bond donors (Lipinski definition) is 1. The minimum Gasteiger partial charge on any atom is -0.314 e. The van der Waals surface area contributed by atoms with Crippen LogP contribution in [0.5, 0.6) is 0 Å². The molecular weight excluding hydrogens is 166 g/mol. The van der Waals surface area contributed by atoms with Gasteiger partial charge in [-0.2, -0.15) is 0 Å². The van der Waals surface area contributed by atoms with Gasteiger partial charge < -0.3 is 5.32 Å². The third-order valence-electron chi connectivity index (χ3n) is 2.70. The SMILES string of the molecule is CNC(C)(C)C(C)c1cccs1. The lowest BCUT2D eigenvalue weighted by molar-refractivity contribution is 0.363. The van der Waals surface area contributed by atoms with Gasteiger partial charge in [-0.1, -0.05) is 13.0 Å². The molecular formula is C10H17NS.